The number of nitrogens with one attached hydrogen (secondary N) is 1. The van der Waals surface area contributed by atoms with E-state index < -0.39 is 0 Å². The number of nitrogens with zero attached hydrogens (tertiary/aromatic N) is 1. The SMILES string of the molecule is CCOc1ccc(NCc2scnc2C)cc1OCC. The third-order valence-electron chi connectivity index (χ3n) is 2.84. The molecule has 1 N–H and O–H groups in total. The zero-order valence-electron chi connectivity index (χ0n) is 12.1. The summed E-state index contributed by atoms with van der Waals surface area (Å²) in [5, 5.41) is 3.39. The van der Waals surface area contributed by atoms with Crippen molar-refractivity contribution in [2.24, 2.45) is 0 Å². The van der Waals surface area contributed by atoms with Gasteiger partial charge in [-0.15, -0.1) is 11.3 Å². The van der Waals surface area contributed by atoms with Crippen LogP contribution in [0.2, 0.25) is 0 Å². The molecule has 1 heterocycles. The van der Waals surface area contributed by atoms with Crippen molar-refractivity contribution in [1.82, 2.24) is 4.98 Å². The zero-order valence-corrected chi connectivity index (χ0v) is 12.9. The Labute approximate surface area is 123 Å². The highest BCUT2D eigenvalue weighted by atomic mass is 32.1. The molecular formula is C15H20N2O2S. The molecule has 0 saturated carbocycles. The van der Waals surface area contributed by atoms with Crippen LogP contribution in [0.15, 0.2) is 23.7 Å². The summed E-state index contributed by atoms with van der Waals surface area (Å²) in [6.07, 6.45) is 0. The van der Waals surface area contributed by atoms with Gasteiger partial charge in [-0.2, -0.15) is 0 Å². The van der Waals surface area contributed by atoms with E-state index >= 15 is 0 Å². The Morgan fingerprint density at radius 3 is 2.55 bits per heavy atom. The largest absolute Gasteiger partial charge is 0.490 e. The topological polar surface area (TPSA) is 43.4 Å². The number of hydrogen-bond donors (Lipinski definition) is 1. The average molecular weight is 292 g/mol. The molecule has 0 saturated heterocycles. The van der Waals surface area contributed by atoms with Gasteiger partial charge in [-0.25, -0.2) is 4.98 Å². The number of thiazole rings is 1. The van der Waals surface area contributed by atoms with Gasteiger partial charge in [0.05, 0.1) is 31.0 Å². The molecular weight excluding hydrogens is 272 g/mol. The molecule has 5 heteroatoms. The number of aryl methyl sites for hydroxylation is 1. The predicted octanol–water partition coefficient (Wildman–Crippen LogP) is 3.86. The molecule has 0 aliphatic carbocycles. The van der Waals surface area contributed by atoms with E-state index in [-0.39, 0.29) is 0 Å². The van der Waals surface area contributed by atoms with E-state index in [0.717, 1.165) is 29.4 Å². The Kier molecular flexibility index (Phi) is 5.24. The van der Waals surface area contributed by atoms with Crippen molar-refractivity contribution >= 4 is 17.0 Å². The maximum absolute atomic E-state index is 5.62. The van der Waals surface area contributed by atoms with Crippen LogP contribution < -0.4 is 14.8 Å². The third-order valence-corrected chi connectivity index (χ3v) is 3.78. The summed E-state index contributed by atoms with van der Waals surface area (Å²) < 4.78 is 11.2. The molecule has 2 rings (SSSR count). The van der Waals surface area contributed by atoms with Crippen LogP contribution in [0, 0.1) is 6.92 Å². The molecule has 108 valence electrons. The Balaban J connectivity index is 2.08. The number of anilines is 1. The van der Waals surface area contributed by atoms with Crippen LogP contribution in [0.1, 0.15) is 24.4 Å². The summed E-state index contributed by atoms with van der Waals surface area (Å²) in [5.74, 6) is 1.56. The quantitative estimate of drug-likeness (QED) is 0.841. The van der Waals surface area contributed by atoms with E-state index in [2.05, 4.69) is 10.3 Å². The van der Waals surface area contributed by atoms with E-state index in [1.807, 2.05) is 44.5 Å². The molecule has 20 heavy (non-hydrogen) atoms. The van der Waals surface area contributed by atoms with E-state index in [9.17, 15) is 0 Å². The number of ether oxygens (including phenoxy) is 2. The van der Waals surface area contributed by atoms with Gasteiger partial charge in [-0.1, -0.05) is 0 Å². The minimum absolute atomic E-state index is 0.623. The fourth-order valence-corrected chi connectivity index (χ4v) is 2.56. The van der Waals surface area contributed by atoms with Gasteiger partial charge in [0.1, 0.15) is 0 Å². The van der Waals surface area contributed by atoms with Crippen molar-refractivity contribution < 1.29 is 9.47 Å². The molecule has 1 aromatic carbocycles. The normalized spacial score (nSPS) is 10.3. The molecule has 0 radical (unpaired) electrons. The van der Waals surface area contributed by atoms with E-state index in [0.29, 0.717) is 13.2 Å². The molecule has 0 amide bonds. The van der Waals surface area contributed by atoms with Crippen molar-refractivity contribution in [3.05, 3.63) is 34.3 Å². The molecule has 0 spiro atoms. The lowest BCUT2D eigenvalue weighted by Crippen LogP contribution is -2.02. The maximum atomic E-state index is 5.62. The highest BCUT2D eigenvalue weighted by molar-refractivity contribution is 7.09. The molecule has 0 aliphatic rings. The summed E-state index contributed by atoms with van der Waals surface area (Å²) in [5.41, 5.74) is 3.97. The molecule has 1 aromatic heterocycles. The molecule has 0 fully saturated rings. The fraction of sp³-hybridized carbons (Fsp3) is 0.400. The lowest BCUT2D eigenvalue weighted by atomic mass is 10.2. The van der Waals surface area contributed by atoms with Crippen LogP contribution >= 0.6 is 11.3 Å². The first-order valence-electron chi connectivity index (χ1n) is 6.77. The van der Waals surface area contributed by atoms with Crippen LogP contribution in [0.3, 0.4) is 0 Å². The van der Waals surface area contributed by atoms with Crippen LogP contribution in [0.4, 0.5) is 5.69 Å². The van der Waals surface area contributed by atoms with Gasteiger partial charge in [0, 0.05) is 16.6 Å². The first-order chi connectivity index (χ1) is 9.74. The fourth-order valence-electron chi connectivity index (χ4n) is 1.84. The summed E-state index contributed by atoms with van der Waals surface area (Å²) in [6, 6.07) is 5.92. The Hall–Kier alpha value is -1.75. The van der Waals surface area contributed by atoms with Crippen molar-refractivity contribution in [3.63, 3.8) is 0 Å². The Bertz CT molecular complexity index is 555. The predicted molar refractivity (Wildman–Crippen MR) is 83.0 cm³/mol. The first kappa shape index (κ1) is 14.7. The molecule has 0 aliphatic heterocycles. The van der Waals surface area contributed by atoms with Crippen LogP contribution in [-0.2, 0) is 6.54 Å². The van der Waals surface area contributed by atoms with Crippen LogP contribution in [0.5, 0.6) is 11.5 Å². The van der Waals surface area contributed by atoms with E-state index in [1.54, 1.807) is 11.3 Å². The Morgan fingerprint density at radius 1 is 1.15 bits per heavy atom. The van der Waals surface area contributed by atoms with Crippen molar-refractivity contribution in [2.75, 3.05) is 18.5 Å². The summed E-state index contributed by atoms with van der Waals surface area (Å²) in [6.45, 7) is 7.99. The maximum Gasteiger partial charge on any atom is 0.163 e. The molecule has 2 aromatic rings. The zero-order chi connectivity index (χ0) is 14.4. The van der Waals surface area contributed by atoms with Gasteiger partial charge in [0.2, 0.25) is 0 Å². The summed E-state index contributed by atoms with van der Waals surface area (Å²) in [7, 11) is 0. The van der Waals surface area contributed by atoms with E-state index in [4.69, 9.17) is 9.47 Å². The monoisotopic (exact) mass is 292 g/mol. The second kappa shape index (κ2) is 7.14. The second-order valence-electron chi connectivity index (χ2n) is 4.24. The molecule has 0 bridgehead atoms. The van der Waals surface area contributed by atoms with Crippen molar-refractivity contribution in [3.8, 4) is 11.5 Å². The van der Waals surface area contributed by atoms with Crippen molar-refractivity contribution in [1.29, 1.82) is 0 Å². The molecule has 0 unspecified atom stereocenters. The van der Waals surface area contributed by atoms with Gasteiger partial charge in [-0.3, -0.25) is 0 Å². The third kappa shape index (κ3) is 3.63. The van der Waals surface area contributed by atoms with Crippen LogP contribution in [0.25, 0.3) is 0 Å². The van der Waals surface area contributed by atoms with Gasteiger partial charge in [-0.05, 0) is 32.9 Å². The van der Waals surface area contributed by atoms with Crippen molar-refractivity contribution in [2.45, 2.75) is 27.3 Å². The second-order valence-corrected chi connectivity index (χ2v) is 5.18. The highest BCUT2D eigenvalue weighted by Gasteiger charge is 2.07. The molecule has 0 atom stereocenters. The van der Waals surface area contributed by atoms with Gasteiger partial charge >= 0.3 is 0 Å². The summed E-state index contributed by atoms with van der Waals surface area (Å²) in [4.78, 5) is 5.50. The molecule has 4 nitrogen and oxygen atoms in total. The van der Waals surface area contributed by atoms with Crippen LogP contribution in [-0.4, -0.2) is 18.2 Å². The number of benzene rings is 1. The number of hydrogen-bond acceptors (Lipinski definition) is 5. The smallest absolute Gasteiger partial charge is 0.163 e. The standard InChI is InChI=1S/C15H20N2O2S/c1-4-18-13-7-6-12(8-14(13)19-5-2)16-9-15-11(3)17-10-20-15/h6-8,10,16H,4-5,9H2,1-3H3. The average Bonchev–Trinajstić information content (AvgIpc) is 2.85. The summed E-state index contributed by atoms with van der Waals surface area (Å²) >= 11 is 1.66. The Morgan fingerprint density at radius 2 is 1.90 bits per heavy atom. The lowest BCUT2D eigenvalue weighted by molar-refractivity contribution is 0.288. The minimum atomic E-state index is 0.623. The van der Waals surface area contributed by atoms with Gasteiger partial charge in [0.25, 0.3) is 0 Å². The number of aromatic nitrogens is 1. The minimum Gasteiger partial charge on any atom is -0.490 e. The number of rotatable bonds is 7. The van der Waals surface area contributed by atoms with Gasteiger partial charge in [0.15, 0.2) is 11.5 Å². The highest BCUT2D eigenvalue weighted by Crippen LogP contribution is 2.31. The van der Waals surface area contributed by atoms with E-state index in [1.165, 1.54) is 4.88 Å². The van der Waals surface area contributed by atoms with Gasteiger partial charge < -0.3 is 14.8 Å². The lowest BCUT2D eigenvalue weighted by Gasteiger charge is -2.13. The first-order valence-corrected chi connectivity index (χ1v) is 7.65.